The van der Waals surface area contributed by atoms with Gasteiger partial charge < -0.3 is 10.6 Å². The third kappa shape index (κ3) is 5.35. The van der Waals surface area contributed by atoms with Gasteiger partial charge in [-0.25, -0.2) is 9.97 Å². The summed E-state index contributed by atoms with van der Waals surface area (Å²) in [4.78, 5) is 21.6. The largest absolute Gasteiger partial charge is 0.309 e. The Balaban J connectivity index is 1.38. The SMILES string of the molecule is Cc1cc(C)nc(-n2nc(C)cc2NC(=O)CN[C@H]2CCC[C@H]2Cc2ccccc2)n1. The van der Waals surface area contributed by atoms with Crippen LogP contribution in [0, 0.1) is 26.7 Å². The van der Waals surface area contributed by atoms with E-state index in [-0.39, 0.29) is 12.5 Å². The number of amides is 1. The van der Waals surface area contributed by atoms with Gasteiger partial charge in [-0.05, 0) is 57.6 Å². The fraction of sp³-hybridized carbons (Fsp3) is 0.417. The predicted molar refractivity (Wildman–Crippen MR) is 121 cm³/mol. The Morgan fingerprint density at radius 1 is 1.03 bits per heavy atom. The topological polar surface area (TPSA) is 84.7 Å². The molecular formula is C24H30N6O. The van der Waals surface area contributed by atoms with Gasteiger partial charge >= 0.3 is 0 Å². The summed E-state index contributed by atoms with van der Waals surface area (Å²) in [5.74, 6) is 1.52. The summed E-state index contributed by atoms with van der Waals surface area (Å²) in [6, 6.07) is 14.7. The molecule has 2 aromatic heterocycles. The van der Waals surface area contributed by atoms with Gasteiger partial charge in [-0.2, -0.15) is 9.78 Å². The van der Waals surface area contributed by atoms with Crippen LogP contribution in [0.4, 0.5) is 5.82 Å². The lowest BCUT2D eigenvalue weighted by Crippen LogP contribution is -2.39. The number of aryl methyl sites for hydroxylation is 3. The molecule has 2 heterocycles. The zero-order valence-electron chi connectivity index (χ0n) is 18.4. The van der Waals surface area contributed by atoms with Crippen LogP contribution in [0.25, 0.3) is 5.95 Å². The molecule has 1 fully saturated rings. The number of hydrogen-bond donors (Lipinski definition) is 2. The second kappa shape index (κ2) is 9.39. The summed E-state index contributed by atoms with van der Waals surface area (Å²) >= 11 is 0. The van der Waals surface area contributed by atoms with E-state index >= 15 is 0 Å². The summed E-state index contributed by atoms with van der Waals surface area (Å²) in [5.41, 5.74) is 3.88. The molecular weight excluding hydrogens is 388 g/mol. The highest BCUT2D eigenvalue weighted by molar-refractivity contribution is 5.91. The zero-order chi connectivity index (χ0) is 21.8. The van der Waals surface area contributed by atoms with Crippen LogP contribution in [0.15, 0.2) is 42.5 Å². The minimum atomic E-state index is -0.0871. The Labute approximate surface area is 183 Å². The Morgan fingerprint density at radius 2 is 1.77 bits per heavy atom. The molecule has 2 atom stereocenters. The molecule has 1 amide bonds. The summed E-state index contributed by atoms with van der Waals surface area (Å²) in [5, 5.41) is 10.9. The van der Waals surface area contributed by atoms with E-state index < -0.39 is 0 Å². The van der Waals surface area contributed by atoms with E-state index in [1.54, 1.807) is 4.68 Å². The molecule has 7 nitrogen and oxygen atoms in total. The van der Waals surface area contributed by atoms with E-state index in [9.17, 15) is 4.79 Å². The first kappa shape index (κ1) is 21.2. The molecule has 7 heteroatoms. The molecule has 0 bridgehead atoms. The van der Waals surface area contributed by atoms with Crippen molar-refractivity contribution in [2.75, 3.05) is 11.9 Å². The first-order valence-electron chi connectivity index (χ1n) is 10.9. The Bertz CT molecular complexity index is 1030. The van der Waals surface area contributed by atoms with Crippen molar-refractivity contribution in [1.29, 1.82) is 0 Å². The predicted octanol–water partition coefficient (Wildman–Crippen LogP) is 3.53. The number of carbonyl (C=O) groups excluding carboxylic acids is 1. The van der Waals surface area contributed by atoms with Crippen LogP contribution in [-0.4, -0.2) is 38.2 Å². The minimum absolute atomic E-state index is 0.0871. The number of nitrogens with zero attached hydrogens (tertiary/aromatic N) is 4. The molecule has 162 valence electrons. The van der Waals surface area contributed by atoms with Crippen LogP contribution in [0.5, 0.6) is 0 Å². The van der Waals surface area contributed by atoms with Crippen LogP contribution in [0.1, 0.15) is 41.9 Å². The Kier molecular flexibility index (Phi) is 6.42. The number of rotatable bonds is 7. The van der Waals surface area contributed by atoms with Gasteiger partial charge in [-0.3, -0.25) is 4.79 Å². The molecule has 0 unspecified atom stereocenters. The van der Waals surface area contributed by atoms with Crippen molar-refractivity contribution in [1.82, 2.24) is 25.1 Å². The van der Waals surface area contributed by atoms with Gasteiger partial charge in [-0.15, -0.1) is 0 Å². The minimum Gasteiger partial charge on any atom is -0.309 e. The number of aromatic nitrogens is 4. The molecule has 4 rings (SSSR count). The van der Waals surface area contributed by atoms with Crippen molar-refractivity contribution in [2.24, 2.45) is 5.92 Å². The molecule has 1 aliphatic rings. The number of anilines is 1. The summed E-state index contributed by atoms with van der Waals surface area (Å²) in [7, 11) is 0. The average Bonchev–Trinajstić information content (AvgIpc) is 3.32. The fourth-order valence-corrected chi connectivity index (χ4v) is 4.42. The Hall–Kier alpha value is -3.06. The monoisotopic (exact) mass is 418 g/mol. The normalized spacial score (nSPS) is 18.3. The number of hydrogen-bond acceptors (Lipinski definition) is 5. The van der Waals surface area contributed by atoms with Gasteiger partial charge in [0.25, 0.3) is 5.95 Å². The van der Waals surface area contributed by atoms with E-state index in [4.69, 9.17) is 0 Å². The maximum absolute atomic E-state index is 12.7. The van der Waals surface area contributed by atoms with Gasteiger partial charge in [0.1, 0.15) is 5.82 Å². The summed E-state index contributed by atoms with van der Waals surface area (Å²) < 4.78 is 1.60. The highest BCUT2D eigenvalue weighted by Gasteiger charge is 2.27. The molecule has 1 saturated carbocycles. The van der Waals surface area contributed by atoms with Crippen molar-refractivity contribution in [3.63, 3.8) is 0 Å². The van der Waals surface area contributed by atoms with Crippen LogP contribution in [0.3, 0.4) is 0 Å². The van der Waals surface area contributed by atoms with Crippen molar-refractivity contribution < 1.29 is 4.79 Å². The van der Waals surface area contributed by atoms with Crippen LogP contribution in [-0.2, 0) is 11.2 Å². The number of carbonyl (C=O) groups is 1. The third-order valence-corrected chi connectivity index (χ3v) is 5.78. The van der Waals surface area contributed by atoms with Gasteiger partial charge in [-0.1, -0.05) is 36.8 Å². The zero-order valence-corrected chi connectivity index (χ0v) is 18.4. The fourth-order valence-electron chi connectivity index (χ4n) is 4.42. The van der Waals surface area contributed by atoms with Gasteiger partial charge in [0.05, 0.1) is 12.2 Å². The second-order valence-corrected chi connectivity index (χ2v) is 8.45. The molecule has 0 saturated heterocycles. The highest BCUT2D eigenvalue weighted by atomic mass is 16.2. The quantitative estimate of drug-likeness (QED) is 0.613. The maximum Gasteiger partial charge on any atom is 0.252 e. The molecule has 0 aliphatic heterocycles. The van der Waals surface area contributed by atoms with Crippen LogP contribution in [0.2, 0.25) is 0 Å². The lowest BCUT2D eigenvalue weighted by Gasteiger charge is -2.21. The smallest absolute Gasteiger partial charge is 0.252 e. The van der Waals surface area contributed by atoms with E-state index in [1.807, 2.05) is 39.0 Å². The van der Waals surface area contributed by atoms with E-state index in [1.165, 1.54) is 18.4 Å². The molecule has 0 radical (unpaired) electrons. The van der Waals surface area contributed by atoms with Gasteiger partial charge in [0, 0.05) is 23.5 Å². The van der Waals surface area contributed by atoms with Crippen molar-refractivity contribution in [3.8, 4) is 5.95 Å². The maximum atomic E-state index is 12.7. The first-order chi connectivity index (χ1) is 15.0. The van der Waals surface area contributed by atoms with Gasteiger partial charge in [0.15, 0.2) is 0 Å². The average molecular weight is 419 g/mol. The van der Waals surface area contributed by atoms with Crippen molar-refractivity contribution in [3.05, 3.63) is 65.1 Å². The summed E-state index contributed by atoms with van der Waals surface area (Å²) in [6.07, 6.45) is 4.56. The number of nitrogens with one attached hydrogen (secondary N) is 2. The number of benzene rings is 1. The van der Waals surface area contributed by atoms with Crippen molar-refractivity contribution in [2.45, 2.75) is 52.5 Å². The lowest BCUT2D eigenvalue weighted by atomic mass is 9.94. The Morgan fingerprint density at radius 3 is 2.52 bits per heavy atom. The van der Waals surface area contributed by atoms with E-state index in [0.29, 0.717) is 23.7 Å². The standard InChI is InChI=1S/C24H30N6O/c1-16-12-17(2)27-24(26-16)30-22(13-18(3)29-30)28-23(31)15-25-21-11-7-10-20(21)14-19-8-5-4-6-9-19/h4-6,8-9,12-13,20-21,25H,7,10-11,14-15H2,1-3H3,(H,28,31)/t20-,21-/m0/s1. The molecule has 1 aromatic carbocycles. The molecule has 0 spiro atoms. The molecule has 2 N–H and O–H groups in total. The van der Waals surface area contributed by atoms with Gasteiger partial charge in [0.2, 0.25) is 5.91 Å². The van der Waals surface area contributed by atoms with Crippen LogP contribution < -0.4 is 10.6 Å². The molecule has 3 aromatic rings. The summed E-state index contributed by atoms with van der Waals surface area (Å²) in [6.45, 7) is 6.00. The second-order valence-electron chi connectivity index (χ2n) is 8.45. The van der Waals surface area contributed by atoms with E-state index in [2.05, 4.69) is 50.0 Å². The third-order valence-electron chi connectivity index (χ3n) is 5.78. The molecule has 31 heavy (non-hydrogen) atoms. The van der Waals surface area contributed by atoms with E-state index in [0.717, 1.165) is 29.9 Å². The lowest BCUT2D eigenvalue weighted by molar-refractivity contribution is -0.115. The highest BCUT2D eigenvalue weighted by Crippen LogP contribution is 2.28. The van der Waals surface area contributed by atoms with Crippen LogP contribution >= 0.6 is 0 Å². The first-order valence-corrected chi connectivity index (χ1v) is 10.9. The molecule has 1 aliphatic carbocycles. The van der Waals surface area contributed by atoms with Crippen molar-refractivity contribution >= 4 is 11.7 Å².